The lowest BCUT2D eigenvalue weighted by Gasteiger charge is -2.14. The van der Waals surface area contributed by atoms with Crippen molar-refractivity contribution >= 4 is 11.8 Å². The van der Waals surface area contributed by atoms with E-state index >= 15 is 0 Å². The molecule has 0 bridgehead atoms. The second kappa shape index (κ2) is 5.01. The van der Waals surface area contributed by atoms with E-state index < -0.39 is 0 Å². The number of nitrogens with zero attached hydrogens (tertiary/aromatic N) is 1. The smallest absolute Gasteiger partial charge is 0.0679 e. The van der Waals surface area contributed by atoms with Crippen LogP contribution in [0.2, 0.25) is 0 Å². The van der Waals surface area contributed by atoms with Crippen molar-refractivity contribution in [2.75, 3.05) is 19.3 Å². The van der Waals surface area contributed by atoms with Crippen molar-refractivity contribution in [3.63, 3.8) is 0 Å². The van der Waals surface area contributed by atoms with Crippen LogP contribution in [-0.4, -0.2) is 35.5 Å². The van der Waals surface area contributed by atoms with Gasteiger partial charge >= 0.3 is 0 Å². The molecule has 82 valence electrons. The molecule has 0 unspecified atom stereocenters. The van der Waals surface area contributed by atoms with Crippen molar-refractivity contribution in [3.8, 4) is 0 Å². The highest BCUT2D eigenvalue weighted by Crippen LogP contribution is 2.17. The Labute approximate surface area is 95.3 Å². The van der Waals surface area contributed by atoms with Crippen LogP contribution < -0.4 is 0 Å². The first-order valence-electron chi connectivity index (χ1n) is 5.31. The molecule has 0 radical (unpaired) electrons. The molecule has 0 saturated carbocycles. The van der Waals surface area contributed by atoms with Crippen LogP contribution in [0.25, 0.3) is 0 Å². The second-order valence-electron chi connectivity index (χ2n) is 4.03. The van der Waals surface area contributed by atoms with Crippen LogP contribution in [-0.2, 0) is 6.54 Å². The van der Waals surface area contributed by atoms with Crippen LogP contribution in [0.15, 0.2) is 29.2 Å². The van der Waals surface area contributed by atoms with Gasteiger partial charge in [-0.05, 0) is 30.4 Å². The fourth-order valence-corrected chi connectivity index (χ4v) is 2.35. The Morgan fingerprint density at radius 2 is 2.13 bits per heavy atom. The Kier molecular flexibility index (Phi) is 3.67. The highest BCUT2D eigenvalue weighted by atomic mass is 32.2. The van der Waals surface area contributed by atoms with E-state index in [0.717, 1.165) is 26.1 Å². The summed E-state index contributed by atoms with van der Waals surface area (Å²) in [6.07, 6.45) is 2.89. The van der Waals surface area contributed by atoms with Crippen molar-refractivity contribution in [2.45, 2.75) is 24.0 Å². The third-order valence-electron chi connectivity index (χ3n) is 2.81. The van der Waals surface area contributed by atoms with Crippen LogP contribution in [0, 0.1) is 0 Å². The van der Waals surface area contributed by atoms with Crippen molar-refractivity contribution < 1.29 is 5.11 Å². The minimum Gasteiger partial charge on any atom is -0.392 e. The topological polar surface area (TPSA) is 23.5 Å². The number of hydrogen-bond acceptors (Lipinski definition) is 3. The first-order valence-corrected chi connectivity index (χ1v) is 6.54. The van der Waals surface area contributed by atoms with E-state index in [0.29, 0.717) is 0 Å². The van der Waals surface area contributed by atoms with Gasteiger partial charge in [-0.3, -0.25) is 4.90 Å². The highest BCUT2D eigenvalue weighted by Gasteiger charge is 2.19. The van der Waals surface area contributed by atoms with E-state index in [4.69, 9.17) is 0 Å². The lowest BCUT2D eigenvalue weighted by molar-refractivity contribution is 0.175. The molecule has 1 N–H and O–H groups in total. The zero-order chi connectivity index (χ0) is 10.7. The van der Waals surface area contributed by atoms with Gasteiger partial charge in [0.05, 0.1) is 6.10 Å². The largest absolute Gasteiger partial charge is 0.392 e. The van der Waals surface area contributed by atoms with Gasteiger partial charge < -0.3 is 5.11 Å². The maximum atomic E-state index is 9.41. The Hall–Kier alpha value is -0.510. The fraction of sp³-hybridized carbons (Fsp3) is 0.500. The number of aliphatic hydroxyl groups is 1. The minimum absolute atomic E-state index is 0.115. The predicted molar refractivity (Wildman–Crippen MR) is 64.1 cm³/mol. The van der Waals surface area contributed by atoms with Gasteiger partial charge in [0.1, 0.15) is 0 Å². The van der Waals surface area contributed by atoms with Gasteiger partial charge in [-0.15, -0.1) is 11.8 Å². The summed E-state index contributed by atoms with van der Waals surface area (Å²) >= 11 is 1.77. The molecule has 0 amide bonds. The zero-order valence-electron chi connectivity index (χ0n) is 9.02. The van der Waals surface area contributed by atoms with E-state index in [-0.39, 0.29) is 6.10 Å². The maximum Gasteiger partial charge on any atom is 0.0679 e. The summed E-state index contributed by atoms with van der Waals surface area (Å²) in [5.74, 6) is 0. The lowest BCUT2D eigenvalue weighted by Crippen LogP contribution is -2.21. The van der Waals surface area contributed by atoms with Crippen molar-refractivity contribution in [1.82, 2.24) is 4.90 Å². The molecule has 3 heteroatoms. The first-order chi connectivity index (χ1) is 7.28. The molecule has 1 saturated heterocycles. The van der Waals surface area contributed by atoms with Crippen LogP contribution in [0.1, 0.15) is 12.0 Å². The molecule has 1 atom stereocenters. The van der Waals surface area contributed by atoms with E-state index in [1.165, 1.54) is 10.5 Å². The summed E-state index contributed by atoms with van der Waals surface area (Å²) < 4.78 is 0. The molecule has 2 nitrogen and oxygen atoms in total. The van der Waals surface area contributed by atoms with Gasteiger partial charge in [-0.2, -0.15) is 0 Å². The summed E-state index contributed by atoms with van der Waals surface area (Å²) in [6.45, 7) is 2.81. The Morgan fingerprint density at radius 3 is 2.67 bits per heavy atom. The van der Waals surface area contributed by atoms with Crippen molar-refractivity contribution in [1.29, 1.82) is 0 Å². The molecule has 1 aromatic rings. The zero-order valence-corrected chi connectivity index (χ0v) is 9.83. The summed E-state index contributed by atoms with van der Waals surface area (Å²) in [5, 5.41) is 9.41. The molecule has 1 fully saturated rings. The van der Waals surface area contributed by atoms with Crippen LogP contribution >= 0.6 is 11.8 Å². The second-order valence-corrected chi connectivity index (χ2v) is 4.91. The van der Waals surface area contributed by atoms with Crippen molar-refractivity contribution in [2.24, 2.45) is 0 Å². The number of aliphatic hydroxyl groups excluding tert-OH is 1. The van der Waals surface area contributed by atoms with E-state index in [1.807, 2.05) is 0 Å². The quantitative estimate of drug-likeness (QED) is 0.793. The molecule has 15 heavy (non-hydrogen) atoms. The number of hydrogen-bond donors (Lipinski definition) is 1. The van der Waals surface area contributed by atoms with Gasteiger partial charge in [-0.1, -0.05) is 12.1 Å². The van der Waals surface area contributed by atoms with Gasteiger partial charge in [-0.25, -0.2) is 0 Å². The Bertz CT molecular complexity index is 312. The average Bonchev–Trinajstić information content (AvgIpc) is 2.65. The number of likely N-dealkylation sites (tertiary alicyclic amines) is 1. The fourth-order valence-electron chi connectivity index (χ4n) is 1.94. The molecular formula is C12H17NOS. The Morgan fingerprint density at radius 1 is 1.40 bits per heavy atom. The standard InChI is InChI=1S/C12H17NOS/c1-15-12-4-2-10(3-5-12)8-13-7-6-11(14)9-13/h2-5,11,14H,6-9H2,1H3/t11-/m1/s1. The molecule has 0 aromatic heterocycles. The molecule has 0 spiro atoms. The van der Waals surface area contributed by atoms with Crippen LogP contribution in [0.4, 0.5) is 0 Å². The van der Waals surface area contributed by atoms with Crippen molar-refractivity contribution in [3.05, 3.63) is 29.8 Å². The summed E-state index contributed by atoms with van der Waals surface area (Å²) in [7, 11) is 0. The monoisotopic (exact) mass is 223 g/mol. The van der Waals surface area contributed by atoms with E-state index in [9.17, 15) is 5.11 Å². The number of β-amino-alcohol motifs (C(OH)–C–C–N with tert-alkyl or cyclic N) is 1. The molecule has 1 heterocycles. The molecular weight excluding hydrogens is 206 g/mol. The minimum atomic E-state index is -0.115. The van der Waals surface area contributed by atoms with Gasteiger partial charge in [0.25, 0.3) is 0 Å². The summed E-state index contributed by atoms with van der Waals surface area (Å²) in [5.41, 5.74) is 1.34. The normalized spacial score (nSPS) is 22.1. The number of benzene rings is 1. The molecule has 1 aliphatic rings. The van der Waals surface area contributed by atoms with E-state index in [1.54, 1.807) is 11.8 Å². The molecule has 1 aromatic carbocycles. The first kappa shape index (κ1) is 11.0. The third kappa shape index (κ3) is 2.97. The number of thioether (sulfide) groups is 1. The molecule has 1 aliphatic heterocycles. The third-order valence-corrected chi connectivity index (χ3v) is 3.56. The van der Waals surface area contributed by atoms with Crippen LogP contribution in [0.3, 0.4) is 0 Å². The van der Waals surface area contributed by atoms with Gasteiger partial charge in [0.15, 0.2) is 0 Å². The lowest BCUT2D eigenvalue weighted by atomic mass is 10.2. The summed E-state index contributed by atoms with van der Waals surface area (Å²) in [6, 6.07) is 8.67. The van der Waals surface area contributed by atoms with Crippen LogP contribution in [0.5, 0.6) is 0 Å². The summed E-state index contributed by atoms with van der Waals surface area (Å²) in [4.78, 5) is 3.61. The highest BCUT2D eigenvalue weighted by molar-refractivity contribution is 7.98. The predicted octanol–water partition coefficient (Wildman–Crippen LogP) is 1.98. The van der Waals surface area contributed by atoms with Gasteiger partial charge in [0.2, 0.25) is 0 Å². The SMILES string of the molecule is CSc1ccc(CN2CC[C@@H](O)C2)cc1. The number of rotatable bonds is 3. The Balaban J connectivity index is 1.93. The average molecular weight is 223 g/mol. The van der Waals surface area contributed by atoms with Gasteiger partial charge in [0, 0.05) is 24.5 Å². The van der Waals surface area contributed by atoms with E-state index in [2.05, 4.69) is 35.4 Å². The molecule has 2 rings (SSSR count). The molecule has 0 aliphatic carbocycles. The maximum absolute atomic E-state index is 9.41.